The first-order chi connectivity index (χ1) is 9.08. The fourth-order valence-corrected chi connectivity index (χ4v) is 2.06. The second-order valence-electron chi connectivity index (χ2n) is 4.34. The summed E-state index contributed by atoms with van der Waals surface area (Å²) in [7, 11) is 1.61. The number of rotatable bonds is 4. The summed E-state index contributed by atoms with van der Waals surface area (Å²) in [6.45, 7) is 2.38. The highest BCUT2D eigenvalue weighted by molar-refractivity contribution is 6.32. The summed E-state index contributed by atoms with van der Waals surface area (Å²) in [5.41, 5.74) is 8.48. The number of hydrogen-bond donors (Lipinski definition) is 1. The Morgan fingerprint density at radius 1 is 1.16 bits per heavy atom. The summed E-state index contributed by atoms with van der Waals surface area (Å²) in [6.07, 6.45) is 0. The minimum Gasteiger partial charge on any atom is -0.497 e. The van der Waals surface area contributed by atoms with Gasteiger partial charge in [-0.15, -0.1) is 0 Å². The Labute approximate surface area is 117 Å². The van der Waals surface area contributed by atoms with Crippen molar-refractivity contribution in [2.75, 3.05) is 12.8 Å². The minimum atomic E-state index is 0.393. The first-order valence-corrected chi connectivity index (χ1v) is 6.28. The number of nitrogens with two attached hydrogens (primary N) is 1. The molecule has 0 amide bonds. The molecule has 2 aromatic rings. The summed E-state index contributed by atoms with van der Waals surface area (Å²) in [4.78, 5) is 0. The van der Waals surface area contributed by atoms with E-state index < -0.39 is 0 Å². The molecule has 0 unspecified atom stereocenters. The zero-order valence-electron chi connectivity index (χ0n) is 10.9. The van der Waals surface area contributed by atoms with Gasteiger partial charge in [0.15, 0.2) is 0 Å². The van der Waals surface area contributed by atoms with Crippen molar-refractivity contribution in [2.45, 2.75) is 13.5 Å². The summed E-state index contributed by atoms with van der Waals surface area (Å²) in [5, 5.41) is 0.607. The Balaban J connectivity index is 2.12. The van der Waals surface area contributed by atoms with E-state index in [-0.39, 0.29) is 0 Å². The fraction of sp³-hybridized carbons (Fsp3) is 0.200. The quantitative estimate of drug-likeness (QED) is 0.864. The SMILES string of the molecule is COc1cc(N)cc(COc2ccc(C)cc2Cl)c1. The van der Waals surface area contributed by atoms with E-state index in [1.165, 1.54) is 0 Å². The van der Waals surface area contributed by atoms with Gasteiger partial charge < -0.3 is 15.2 Å². The van der Waals surface area contributed by atoms with Gasteiger partial charge in [0.2, 0.25) is 0 Å². The molecule has 0 heterocycles. The maximum absolute atomic E-state index is 6.11. The van der Waals surface area contributed by atoms with E-state index in [9.17, 15) is 0 Å². The number of hydrogen-bond acceptors (Lipinski definition) is 3. The van der Waals surface area contributed by atoms with Gasteiger partial charge in [0.05, 0.1) is 12.1 Å². The van der Waals surface area contributed by atoms with Crippen LogP contribution in [0.2, 0.25) is 5.02 Å². The van der Waals surface area contributed by atoms with Crippen LogP contribution in [-0.2, 0) is 6.61 Å². The van der Waals surface area contributed by atoms with Gasteiger partial charge in [-0.2, -0.15) is 0 Å². The lowest BCUT2D eigenvalue weighted by Crippen LogP contribution is -1.98. The molecule has 0 aliphatic carbocycles. The van der Waals surface area contributed by atoms with Crippen LogP contribution in [0.3, 0.4) is 0 Å². The Bertz CT molecular complexity index is 584. The average Bonchev–Trinajstić information content (AvgIpc) is 2.37. The van der Waals surface area contributed by atoms with Crippen molar-refractivity contribution >= 4 is 17.3 Å². The smallest absolute Gasteiger partial charge is 0.138 e. The molecule has 4 heteroatoms. The Kier molecular flexibility index (Phi) is 4.17. The van der Waals surface area contributed by atoms with Crippen LogP contribution in [0.1, 0.15) is 11.1 Å². The zero-order chi connectivity index (χ0) is 13.8. The zero-order valence-corrected chi connectivity index (χ0v) is 11.7. The lowest BCUT2D eigenvalue weighted by Gasteiger charge is -2.10. The van der Waals surface area contributed by atoms with Gasteiger partial charge >= 0.3 is 0 Å². The van der Waals surface area contributed by atoms with E-state index in [0.717, 1.165) is 11.1 Å². The highest BCUT2D eigenvalue weighted by Gasteiger charge is 2.04. The molecule has 0 fully saturated rings. The number of nitrogen functional groups attached to an aromatic ring is 1. The van der Waals surface area contributed by atoms with Crippen molar-refractivity contribution in [3.63, 3.8) is 0 Å². The van der Waals surface area contributed by atoms with E-state index in [1.807, 2.05) is 37.3 Å². The molecular weight excluding hydrogens is 262 g/mol. The van der Waals surface area contributed by atoms with Crippen LogP contribution < -0.4 is 15.2 Å². The Morgan fingerprint density at radius 3 is 2.63 bits per heavy atom. The van der Waals surface area contributed by atoms with E-state index in [2.05, 4.69) is 0 Å². The third-order valence-electron chi connectivity index (χ3n) is 2.71. The molecule has 0 aromatic heterocycles. The molecule has 0 aliphatic heterocycles. The lowest BCUT2D eigenvalue weighted by atomic mass is 10.2. The molecule has 0 aliphatic rings. The Hall–Kier alpha value is -1.87. The second-order valence-corrected chi connectivity index (χ2v) is 4.74. The summed E-state index contributed by atoms with van der Waals surface area (Å²) < 4.78 is 10.9. The largest absolute Gasteiger partial charge is 0.497 e. The molecule has 3 nitrogen and oxygen atoms in total. The van der Waals surface area contributed by atoms with Crippen LogP contribution >= 0.6 is 11.6 Å². The van der Waals surface area contributed by atoms with E-state index in [0.29, 0.717) is 28.8 Å². The molecule has 0 saturated heterocycles. The number of benzene rings is 2. The van der Waals surface area contributed by atoms with Gasteiger partial charge in [0, 0.05) is 11.8 Å². The third kappa shape index (κ3) is 3.55. The number of ether oxygens (including phenoxy) is 2. The van der Waals surface area contributed by atoms with Crippen LogP contribution in [0.5, 0.6) is 11.5 Å². The predicted octanol–water partition coefficient (Wildman–Crippen LogP) is 3.82. The van der Waals surface area contributed by atoms with Crippen molar-refractivity contribution in [1.82, 2.24) is 0 Å². The number of halogens is 1. The monoisotopic (exact) mass is 277 g/mol. The van der Waals surface area contributed by atoms with E-state index >= 15 is 0 Å². The molecule has 100 valence electrons. The van der Waals surface area contributed by atoms with Crippen LogP contribution in [0.4, 0.5) is 5.69 Å². The number of aryl methyl sites for hydroxylation is 1. The number of anilines is 1. The van der Waals surface area contributed by atoms with Crippen LogP contribution in [0, 0.1) is 6.92 Å². The third-order valence-corrected chi connectivity index (χ3v) is 3.00. The first kappa shape index (κ1) is 13.6. The van der Waals surface area contributed by atoms with E-state index in [4.69, 9.17) is 26.8 Å². The molecule has 2 aromatic carbocycles. The summed E-state index contributed by atoms with van der Waals surface area (Å²) in [6, 6.07) is 11.2. The fourth-order valence-electron chi connectivity index (χ4n) is 1.77. The van der Waals surface area contributed by atoms with Crippen molar-refractivity contribution in [2.24, 2.45) is 0 Å². The Morgan fingerprint density at radius 2 is 1.95 bits per heavy atom. The molecule has 0 spiro atoms. The highest BCUT2D eigenvalue weighted by Crippen LogP contribution is 2.27. The topological polar surface area (TPSA) is 44.5 Å². The summed E-state index contributed by atoms with van der Waals surface area (Å²) in [5.74, 6) is 1.38. The maximum Gasteiger partial charge on any atom is 0.138 e. The molecule has 0 saturated carbocycles. The molecule has 0 atom stereocenters. The molecule has 0 bridgehead atoms. The van der Waals surface area contributed by atoms with E-state index in [1.54, 1.807) is 13.2 Å². The molecular formula is C15H16ClNO2. The van der Waals surface area contributed by atoms with Crippen molar-refractivity contribution in [3.8, 4) is 11.5 Å². The number of methoxy groups -OCH3 is 1. The van der Waals surface area contributed by atoms with Gasteiger partial charge in [-0.05, 0) is 42.3 Å². The van der Waals surface area contributed by atoms with Crippen LogP contribution in [-0.4, -0.2) is 7.11 Å². The normalized spacial score (nSPS) is 10.3. The molecule has 0 radical (unpaired) electrons. The molecule has 19 heavy (non-hydrogen) atoms. The van der Waals surface area contributed by atoms with Gasteiger partial charge in [-0.25, -0.2) is 0 Å². The average molecular weight is 278 g/mol. The first-order valence-electron chi connectivity index (χ1n) is 5.91. The van der Waals surface area contributed by atoms with Gasteiger partial charge in [-0.1, -0.05) is 17.7 Å². The highest BCUT2D eigenvalue weighted by atomic mass is 35.5. The summed E-state index contributed by atoms with van der Waals surface area (Å²) >= 11 is 6.11. The van der Waals surface area contributed by atoms with Gasteiger partial charge in [-0.3, -0.25) is 0 Å². The maximum atomic E-state index is 6.11. The minimum absolute atomic E-state index is 0.393. The molecule has 2 N–H and O–H groups in total. The van der Waals surface area contributed by atoms with Crippen molar-refractivity contribution in [3.05, 3.63) is 52.5 Å². The van der Waals surface area contributed by atoms with Gasteiger partial charge in [0.1, 0.15) is 18.1 Å². The van der Waals surface area contributed by atoms with Gasteiger partial charge in [0.25, 0.3) is 0 Å². The van der Waals surface area contributed by atoms with Crippen molar-refractivity contribution < 1.29 is 9.47 Å². The molecule has 2 rings (SSSR count). The predicted molar refractivity (Wildman–Crippen MR) is 77.9 cm³/mol. The standard InChI is InChI=1S/C15H16ClNO2/c1-10-3-4-15(14(16)5-10)19-9-11-6-12(17)8-13(7-11)18-2/h3-8H,9,17H2,1-2H3. The van der Waals surface area contributed by atoms with Crippen LogP contribution in [0.15, 0.2) is 36.4 Å². The second kappa shape index (κ2) is 5.85. The van der Waals surface area contributed by atoms with Crippen LogP contribution in [0.25, 0.3) is 0 Å². The lowest BCUT2D eigenvalue weighted by molar-refractivity contribution is 0.305. The van der Waals surface area contributed by atoms with Crippen molar-refractivity contribution in [1.29, 1.82) is 0 Å².